The van der Waals surface area contributed by atoms with E-state index in [-0.39, 0.29) is 5.78 Å². The predicted molar refractivity (Wildman–Crippen MR) is 45.2 cm³/mol. The van der Waals surface area contributed by atoms with E-state index in [0.717, 1.165) is 25.7 Å². The van der Waals surface area contributed by atoms with Gasteiger partial charge in [-0.1, -0.05) is 25.8 Å². The zero-order valence-corrected chi connectivity index (χ0v) is 6.81. The SMILES string of the molecule is C=CC(=O)C1(N)CCCCC1. The number of hydrogen-bond donors (Lipinski definition) is 1. The van der Waals surface area contributed by atoms with Crippen molar-refractivity contribution < 1.29 is 4.79 Å². The second-order valence-electron chi connectivity index (χ2n) is 3.29. The van der Waals surface area contributed by atoms with Crippen LogP contribution in [0, 0.1) is 0 Å². The summed E-state index contributed by atoms with van der Waals surface area (Å²) < 4.78 is 0. The Morgan fingerprint density at radius 2 is 1.91 bits per heavy atom. The molecule has 0 radical (unpaired) electrons. The fourth-order valence-electron chi connectivity index (χ4n) is 1.63. The highest BCUT2D eigenvalue weighted by molar-refractivity contribution is 5.97. The van der Waals surface area contributed by atoms with Crippen LogP contribution in [0.15, 0.2) is 12.7 Å². The zero-order valence-electron chi connectivity index (χ0n) is 6.81. The standard InChI is InChI=1S/C9H15NO/c1-2-8(11)9(10)6-4-3-5-7-9/h2H,1,3-7,10H2. The monoisotopic (exact) mass is 153 g/mol. The minimum atomic E-state index is -0.569. The Hall–Kier alpha value is -0.630. The molecule has 0 aromatic heterocycles. The van der Waals surface area contributed by atoms with Crippen molar-refractivity contribution in [3.63, 3.8) is 0 Å². The van der Waals surface area contributed by atoms with Crippen LogP contribution in [0.25, 0.3) is 0 Å². The van der Waals surface area contributed by atoms with Crippen LogP contribution in [0.3, 0.4) is 0 Å². The molecule has 0 heterocycles. The topological polar surface area (TPSA) is 43.1 Å². The summed E-state index contributed by atoms with van der Waals surface area (Å²) in [4.78, 5) is 11.2. The highest BCUT2D eigenvalue weighted by atomic mass is 16.1. The molecule has 0 amide bonds. The number of nitrogens with two attached hydrogens (primary N) is 1. The van der Waals surface area contributed by atoms with Crippen LogP contribution in [0.1, 0.15) is 32.1 Å². The van der Waals surface area contributed by atoms with Crippen LogP contribution in [-0.4, -0.2) is 11.3 Å². The summed E-state index contributed by atoms with van der Waals surface area (Å²) in [7, 11) is 0. The molecule has 1 aliphatic rings. The van der Waals surface area contributed by atoms with E-state index in [0.29, 0.717) is 0 Å². The summed E-state index contributed by atoms with van der Waals surface area (Å²) in [5.74, 6) is 0.0113. The molecule has 0 atom stereocenters. The third-order valence-corrected chi connectivity index (χ3v) is 2.42. The van der Waals surface area contributed by atoms with Gasteiger partial charge in [0.25, 0.3) is 0 Å². The molecule has 1 saturated carbocycles. The van der Waals surface area contributed by atoms with Crippen molar-refractivity contribution in [2.24, 2.45) is 5.73 Å². The molecule has 0 spiro atoms. The lowest BCUT2D eigenvalue weighted by molar-refractivity contribution is -0.120. The molecule has 1 aliphatic carbocycles. The Morgan fingerprint density at radius 3 is 2.36 bits per heavy atom. The van der Waals surface area contributed by atoms with E-state index in [2.05, 4.69) is 6.58 Å². The molecule has 2 heteroatoms. The summed E-state index contributed by atoms with van der Waals surface area (Å²) >= 11 is 0. The van der Waals surface area contributed by atoms with Gasteiger partial charge >= 0.3 is 0 Å². The lowest BCUT2D eigenvalue weighted by Gasteiger charge is -2.30. The zero-order chi connectivity index (χ0) is 8.32. The lowest BCUT2D eigenvalue weighted by Crippen LogP contribution is -2.48. The second-order valence-corrected chi connectivity index (χ2v) is 3.29. The summed E-state index contributed by atoms with van der Waals surface area (Å²) in [6.45, 7) is 3.45. The van der Waals surface area contributed by atoms with Crippen molar-refractivity contribution in [1.29, 1.82) is 0 Å². The molecule has 0 bridgehead atoms. The van der Waals surface area contributed by atoms with Crippen molar-refractivity contribution in [2.45, 2.75) is 37.6 Å². The molecule has 0 saturated heterocycles. The van der Waals surface area contributed by atoms with Gasteiger partial charge in [0, 0.05) is 0 Å². The number of carbonyl (C=O) groups is 1. The minimum absolute atomic E-state index is 0.0113. The first kappa shape index (κ1) is 8.47. The molecular formula is C9H15NO. The van der Waals surface area contributed by atoms with E-state index in [9.17, 15) is 4.79 Å². The Bertz CT molecular complexity index is 168. The largest absolute Gasteiger partial charge is 0.319 e. The van der Waals surface area contributed by atoms with Crippen LogP contribution in [0.2, 0.25) is 0 Å². The fraction of sp³-hybridized carbons (Fsp3) is 0.667. The van der Waals surface area contributed by atoms with Crippen LogP contribution >= 0.6 is 0 Å². The van der Waals surface area contributed by atoms with Crippen molar-refractivity contribution in [3.05, 3.63) is 12.7 Å². The minimum Gasteiger partial charge on any atom is -0.319 e. The summed E-state index contributed by atoms with van der Waals surface area (Å²) in [5.41, 5.74) is 5.32. The van der Waals surface area contributed by atoms with E-state index in [4.69, 9.17) is 5.73 Å². The Kier molecular flexibility index (Phi) is 2.45. The van der Waals surface area contributed by atoms with Crippen LogP contribution in [0.5, 0.6) is 0 Å². The van der Waals surface area contributed by atoms with Crippen molar-refractivity contribution >= 4 is 5.78 Å². The maximum absolute atomic E-state index is 11.2. The Morgan fingerprint density at radius 1 is 1.36 bits per heavy atom. The molecule has 2 nitrogen and oxygen atoms in total. The van der Waals surface area contributed by atoms with Crippen LogP contribution in [-0.2, 0) is 4.79 Å². The molecule has 2 N–H and O–H groups in total. The summed E-state index contributed by atoms with van der Waals surface area (Å²) in [6.07, 6.45) is 6.39. The Balaban J connectivity index is 2.63. The van der Waals surface area contributed by atoms with Gasteiger partial charge < -0.3 is 5.73 Å². The number of rotatable bonds is 2. The number of ketones is 1. The Labute approximate surface area is 67.5 Å². The molecule has 11 heavy (non-hydrogen) atoms. The average molecular weight is 153 g/mol. The normalized spacial score (nSPS) is 22.6. The second kappa shape index (κ2) is 3.18. The predicted octanol–water partition coefficient (Wildman–Crippen LogP) is 1.40. The fourth-order valence-corrected chi connectivity index (χ4v) is 1.63. The average Bonchev–Trinajstić information content (AvgIpc) is 2.04. The highest BCUT2D eigenvalue weighted by Gasteiger charge is 2.32. The first-order chi connectivity index (χ1) is 5.19. The molecular weight excluding hydrogens is 138 g/mol. The first-order valence-electron chi connectivity index (χ1n) is 4.15. The van der Waals surface area contributed by atoms with Crippen molar-refractivity contribution in [2.75, 3.05) is 0 Å². The third-order valence-electron chi connectivity index (χ3n) is 2.42. The van der Waals surface area contributed by atoms with Gasteiger partial charge in [-0.2, -0.15) is 0 Å². The van der Waals surface area contributed by atoms with Crippen LogP contribution < -0.4 is 5.73 Å². The van der Waals surface area contributed by atoms with E-state index >= 15 is 0 Å². The molecule has 1 rings (SSSR count). The molecule has 1 fully saturated rings. The van der Waals surface area contributed by atoms with Crippen LogP contribution in [0.4, 0.5) is 0 Å². The number of hydrogen-bond acceptors (Lipinski definition) is 2. The van der Waals surface area contributed by atoms with Crippen molar-refractivity contribution in [1.82, 2.24) is 0 Å². The van der Waals surface area contributed by atoms with E-state index < -0.39 is 5.54 Å². The smallest absolute Gasteiger partial charge is 0.174 e. The molecule has 0 aliphatic heterocycles. The maximum Gasteiger partial charge on any atom is 0.174 e. The van der Waals surface area contributed by atoms with E-state index in [1.807, 2.05) is 0 Å². The summed E-state index contributed by atoms with van der Waals surface area (Å²) in [5, 5.41) is 0. The molecule has 62 valence electrons. The number of carbonyl (C=O) groups excluding carboxylic acids is 1. The van der Waals surface area contributed by atoms with Crippen molar-refractivity contribution in [3.8, 4) is 0 Å². The van der Waals surface area contributed by atoms with Gasteiger partial charge in [0.1, 0.15) is 0 Å². The lowest BCUT2D eigenvalue weighted by atomic mass is 9.79. The molecule has 0 unspecified atom stereocenters. The van der Waals surface area contributed by atoms with E-state index in [1.54, 1.807) is 0 Å². The first-order valence-corrected chi connectivity index (χ1v) is 4.15. The summed E-state index contributed by atoms with van der Waals surface area (Å²) in [6, 6.07) is 0. The maximum atomic E-state index is 11.2. The highest BCUT2D eigenvalue weighted by Crippen LogP contribution is 2.26. The molecule has 0 aromatic carbocycles. The quantitative estimate of drug-likeness (QED) is 0.609. The van der Waals surface area contributed by atoms with Gasteiger partial charge in [-0.15, -0.1) is 0 Å². The third kappa shape index (κ3) is 1.69. The van der Waals surface area contributed by atoms with Gasteiger partial charge in [0.15, 0.2) is 5.78 Å². The van der Waals surface area contributed by atoms with Gasteiger partial charge in [-0.3, -0.25) is 4.79 Å². The van der Waals surface area contributed by atoms with E-state index in [1.165, 1.54) is 12.5 Å². The van der Waals surface area contributed by atoms with Gasteiger partial charge in [0.05, 0.1) is 5.54 Å². The van der Waals surface area contributed by atoms with Gasteiger partial charge in [0.2, 0.25) is 0 Å². The van der Waals surface area contributed by atoms with Gasteiger partial charge in [-0.05, 0) is 18.9 Å². The van der Waals surface area contributed by atoms with Gasteiger partial charge in [-0.25, -0.2) is 0 Å². The molecule has 0 aromatic rings.